The molecule has 0 N–H and O–H groups in total. The van der Waals surface area contributed by atoms with Gasteiger partial charge in [0.2, 0.25) is 0 Å². The van der Waals surface area contributed by atoms with E-state index in [9.17, 15) is 4.79 Å². The van der Waals surface area contributed by atoms with Crippen molar-refractivity contribution >= 4 is 5.97 Å². The molecule has 1 aromatic carbocycles. The van der Waals surface area contributed by atoms with Gasteiger partial charge in [-0.1, -0.05) is 37.3 Å². The van der Waals surface area contributed by atoms with Crippen LogP contribution in [0.5, 0.6) is 0 Å². The van der Waals surface area contributed by atoms with E-state index in [0.717, 1.165) is 43.6 Å². The number of benzene rings is 1. The fourth-order valence-electron chi connectivity index (χ4n) is 3.64. The number of aryl methyl sites for hydroxylation is 1. The normalized spacial score (nSPS) is 16.3. The van der Waals surface area contributed by atoms with Crippen molar-refractivity contribution in [2.24, 2.45) is 7.05 Å². The molecule has 1 aliphatic heterocycles. The Balaban J connectivity index is 1.88. The van der Waals surface area contributed by atoms with Crippen LogP contribution in [0, 0.1) is 0 Å². The third-order valence-electron chi connectivity index (χ3n) is 4.91. The number of fused-ring (bicyclic) bond motifs is 1. The summed E-state index contributed by atoms with van der Waals surface area (Å²) in [6.45, 7) is 3.75. The highest BCUT2D eigenvalue weighted by Crippen LogP contribution is 2.28. The molecule has 0 amide bonds. The van der Waals surface area contributed by atoms with Crippen molar-refractivity contribution in [1.29, 1.82) is 0 Å². The van der Waals surface area contributed by atoms with E-state index in [2.05, 4.69) is 17.0 Å². The number of methoxy groups -OCH3 is 1. The average molecular weight is 327 g/mol. The molecular formula is C19H25N3O2. The van der Waals surface area contributed by atoms with Crippen molar-refractivity contribution in [3.63, 3.8) is 0 Å². The maximum Gasteiger partial charge on any atom is 0.323 e. The average Bonchev–Trinajstić information content (AvgIpc) is 2.79. The van der Waals surface area contributed by atoms with Crippen LogP contribution in [-0.2, 0) is 29.4 Å². The fourth-order valence-corrected chi connectivity index (χ4v) is 3.64. The van der Waals surface area contributed by atoms with Crippen LogP contribution < -0.4 is 0 Å². The summed E-state index contributed by atoms with van der Waals surface area (Å²) in [7, 11) is 3.48. The third-order valence-corrected chi connectivity index (χ3v) is 4.91. The van der Waals surface area contributed by atoms with Gasteiger partial charge >= 0.3 is 5.97 Å². The van der Waals surface area contributed by atoms with E-state index in [0.29, 0.717) is 0 Å². The number of hydrogen-bond acceptors (Lipinski definition) is 4. The molecule has 3 rings (SSSR count). The van der Waals surface area contributed by atoms with Crippen molar-refractivity contribution in [3.05, 3.63) is 41.6 Å². The Labute approximate surface area is 143 Å². The van der Waals surface area contributed by atoms with Gasteiger partial charge in [0.25, 0.3) is 0 Å². The Morgan fingerprint density at radius 2 is 1.96 bits per heavy atom. The summed E-state index contributed by atoms with van der Waals surface area (Å²) < 4.78 is 6.97. The van der Waals surface area contributed by atoms with Crippen LogP contribution in [0.2, 0.25) is 0 Å². The van der Waals surface area contributed by atoms with Crippen LogP contribution in [-0.4, -0.2) is 46.9 Å². The van der Waals surface area contributed by atoms with Crippen LogP contribution in [0.25, 0.3) is 11.3 Å². The van der Waals surface area contributed by atoms with E-state index < -0.39 is 0 Å². The zero-order valence-electron chi connectivity index (χ0n) is 14.7. The minimum atomic E-state index is -0.155. The van der Waals surface area contributed by atoms with E-state index in [1.165, 1.54) is 18.4 Å². The molecule has 1 unspecified atom stereocenters. The van der Waals surface area contributed by atoms with Gasteiger partial charge in [-0.05, 0) is 12.8 Å². The van der Waals surface area contributed by atoms with Gasteiger partial charge in [0.15, 0.2) is 0 Å². The molecule has 0 fully saturated rings. The van der Waals surface area contributed by atoms with Gasteiger partial charge in [-0.15, -0.1) is 0 Å². The molecular weight excluding hydrogens is 302 g/mol. The number of carbonyl (C=O) groups excluding carboxylic acids is 1. The number of nitrogens with zero attached hydrogens (tertiary/aromatic N) is 3. The summed E-state index contributed by atoms with van der Waals surface area (Å²) in [5, 5.41) is 4.75. The number of aromatic nitrogens is 2. The number of esters is 1. The molecule has 1 atom stereocenters. The second kappa shape index (κ2) is 7.18. The molecule has 1 aromatic heterocycles. The molecule has 0 aliphatic carbocycles. The molecule has 2 aromatic rings. The predicted octanol–water partition coefficient (Wildman–Crippen LogP) is 2.44. The summed E-state index contributed by atoms with van der Waals surface area (Å²) >= 11 is 0. The molecule has 0 saturated carbocycles. The van der Waals surface area contributed by atoms with Crippen molar-refractivity contribution in [2.45, 2.75) is 32.2 Å². The number of ether oxygens (including phenoxy) is 1. The molecule has 24 heavy (non-hydrogen) atoms. The first-order chi connectivity index (χ1) is 11.7. The number of rotatable bonds is 4. The smallest absolute Gasteiger partial charge is 0.323 e. The van der Waals surface area contributed by atoms with Crippen LogP contribution in [0.3, 0.4) is 0 Å². The molecule has 0 saturated heterocycles. The van der Waals surface area contributed by atoms with Crippen molar-refractivity contribution in [1.82, 2.24) is 14.7 Å². The lowest BCUT2D eigenvalue weighted by Crippen LogP contribution is -2.43. The van der Waals surface area contributed by atoms with Crippen LogP contribution in [0.1, 0.15) is 24.6 Å². The van der Waals surface area contributed by atoms with Gasteiger partial charge in [0, 0.05) is 43.4 Å². The highest BCUT2D eigenvalue weighted by atomic mass is 16.5. The van der Waals surface area contributed by atoms with E-state index >= 15 is 0 Å². The summed E-state index contributed by atoms with van der Waals surface area (Å²) in [4.78, 5) is 14.3. The van der Waals surface area contributed by atoms with Gasteiger partial charge < -0.3 is 4.74 Å². The Morgan fingerprint density at radius 1 is 1.25 bits per heavy atom. The lowest BCUT2D eigenvalue weighted by atomic mass is 10.0. The highest BCUT2D eigenvalue weighted by molar-refractivity contribution is 5.75. The maximum absolute atomic E-state index is 12.0. The quantitative estimate of drug-likeness (QED) is 0.809. The lowest BCUT2D eigenvalue weighted by molar-refractivity contribution is -0.147. The Morgan fingerprint density at radius 3 is 2.62 bits per heavy atom. The minimum absolute atomic E-state index is 0.134. The zero-order chi connectivity index (χ0) is 17.1. The van der Waals surface area contributed by atoms with Gasteiger partial charge in [-0.3, -0.25) is 14.4 Å². The first-order valence-corrected chi connectivity index (χ1v) is 8.57. The molecule has 2 heterocycles. The van der Waals surface area contributed by atoms with E-state index in [1.54, 1.807) is 0 Å². The van der Waals surface area contributed by atoms with Gasteiger partial charge in [0.1, 0.15) is 6.04 Å². The van der Waals surface area contributed by atoms with Crippen molar-refractivity contribution in [3.8, 4) is 11.3 Å². The van der Waals surface area contributed by atoms with Crippen molar-refractivity contribution < 1.29 is 9.53 Å². The molecule has 5 nitrogen and oxygen atoms in total. The largest absolute Gasteiger partial charge is 0.468 e. The van der Waals surface area contributed by atoms with Crippen LogP contribution >= 0.6 is 0 Å². The lowest BCUT2D eigenvalue weighted by Gasteiger charge is -2.27. The second-order valence-corrected chi connectivity index (χ2v) is 6.25. The first kappa shape index (κ1) is 16.7. The molecule has 1 aliphatic rings. The standard InChI is InChI=1S/C19H25N3O2/c1-4-16(19(23)24-3)22-12-10-15-17(11-13-22)21(2)20-18(15)14-8-6-5-7-9-14/h5-9,16H,4,10-13H2,1-3H3. The Hall–Kier alpha value is -2.14. The number of carbonyl (C=O) groups is 1. The van der Waals surface area contributed by atoms with Gasteiger partial charge in [-0.2, -0.15) is 5.10 Å². The second-order valence-electron chi connectivity index (χ2n) is 6.25. The molecule has 0 radical (unpaired) electrons. The van der Waals surface area contributed by atoms with E-state index in [1.807, 2.05) is 36.9 Å². The molecule has 128 valence electrons. The Kier molecular flexibility index (Phi) is 5.00. The first-order valence-electron chi connectivity index (χ1n) is 8.57. The topological polar surface area (TPSA) is 47.4 Å². The molecule has 0 bridgehead atoms. The zero-order valence-corrected chi connectivity index (χ0v) is 14.7. The maximum atomic E-state index is 12.0. The molecule has 5 heteroatoms. The summed E-state index contributed by atoms with van der Waals surface area (Å²) in [6.07, 6.45) is 2.58. The number of hydrogen-bond donors (Lipinski definition) is 0. The van der Waals surface area contributed by atoms with Gasteiger partial charge in [0.05, 0.1) is 12.8 Å². The van der Waals surface area contributed by atoms with Gasteiger partial charge in [-0.25, -0.2) is 0 Å². The highest BCUT2D eigenvalue weighted by Gasteiger charge is 2.29. The Bertz CT molecular complexity index is 709. The predicted molar refractivity (Wildman–Crippen MR) is 93.7 cm³/mol. The fraction of sp³-hybridized carbons (Fsp3) is 0.474. The van der Waals surface area contributed by atoms with Crippen molar-refractivity contribution in [2.75, 3.05) is 20.2 Å². The summed E-state index contributed by atoms with van der Waals surface area (Å²) in [5.74, 6) is -0.134. The summed E-state index contributed by atoms with van der Waals surface area (Å²) in [6, 6.07) is 10.2. The van der Waals surface area contributed by atoms with Crippen LogP contribution in [0.15, 0.2) is 30.3 Å². The van der Waals surface area contributed by atoms with E-state index in [-0.39, 0.29) is 12.0 Å². The van der Waals surface area contributed by atoms with E-state index in [4.69, 9.17) is 9.84 Å². The SMILES string of the molecule is CCC(C(=O)OC)N1CCc2c(-c3ccccc3)nn(C)c2CC1. The minimum Gasteiger partial charge on any atom is -0.468 e. The third kappa shape index (κ3) is 3.08. The summed E-state index contributed by atoms with van der Waals surface area (Å²) in [5.41, 5.74) is 4.81. The van der Waals surface area contributed by atoms with Crippen LogP contribution in [0.4, 0.5) is 0 Å². The molecule has 0 spiro atoms. The monoisotopic (exact) mass is 327 g/mol.